The third kappa shape index (κ3) is 3.68. The van der Waals surface area contributed by atoms with Crippen LogP contribution < -0.4 is 21.1 Å². The number of anilines is 2. The molecule has 0 unspecified atom stereocenters. The molecular formula is C11H17N3O2. The molecule has 5 nitrogen and oxygen atoms in total. The summed E-state index contributed by atoms with van der Waals surface area (Å²) < 4.78 is 5.34. The van der Waals surface area contributed by atoms with E-state index < -0.39 is 0 Å². The number of nitrogens with two attached hydrogens (primary N) is 1. The number of carbonyl (C=O) groups is 1. The summed E-state index contributed by atoms with van der Waals surface area (Å²) in [7, 11) is 1.59. The average Bonchev–Trinajstić information content (AvgIpc) is 2.25. The van der Waals surface area contributed by atoms with Crippen LogP contribution in [0.25, 0.3) is 0 Å². The first-order chi connectivity index (χ1) is 7.65. The number of benzene rings is 1. The fourth-order valence-electron chi connectivity index (χ4n) is 1.24. The molecular weight excluding hydrogens is 206 g/mol. The highest BCUT2D eigenvalue weighted by Gasteiger charge is 2.01. The lowest BCUT2D eigenvalue weighted by molar-refractivity contribution is -0.118. The lowest BCUT2D eigenvalue weighted by Gasteiger charge is -2.09. The van der Waals surface area contributed by atoms with Crippen molar-refractivity contribution in [2.24, 2.45) is 0 Å². The van der Waals surface area contributed by atoms with Crippen molar-refractivity contribution >= 4 is 17.3 Å². The smallest absolute Gasteiger partial charge is 0.239 e. The van der Waals surface area contributed by atoms with E-state index in [2.05, 4.69) is 10.6 Å². The molecule has 0 heterocycles. The zero-order chi connectivity index (χ0) is 12.0. The van der Waals surface area contributed by atoms with Gasteiger partial charge in [0.15, 0.2) is 0 Å². The van der Waals surface area contributed by atoms with Crippen molar-refractivity contribution in [3.05, 3.63) is 18.2 Å². The van der Waals surface area contributed by atoms with Crippen LogP contribution in [0.1, 0.15) is 6.92 Å². The largest absolute Gasteiger partial charge is 0.494 e. The van der Waals surface area contributed by atoms with E-state index in [9.17, 15) is 4.79 Å². The number of ether oxygens (including phenoxy) is 1. The van der Waals surface area contributed by atoms with Crippen LogP contribution in [0.2, 0.25) is 0 Å². The minimum atomic E-state index is -0.0830. The summed E-state index contributed by atoms with van der Waals surface area (Å²) in [5.74, 6) is 0.613. The Morgan fingerprint density at radius 2 is 2.19 bits per heavy atom. The Balaban J connectivity index is 2.68. The summed E-state index contributed by atoms with van der Waals surface area (Å²) >= 11 is 0. The van der Waals surface area contributed by atoms with E-state index in [4.69, 9.17) is 10.5 Å². The lowest BCUT2D eigenvalue weighted by atomic mass is 10.2. The van der Waals surface area contributed by atoms with Gasteiger partial charge in [-0.05, 0) is 13.0 Å². The quantitative estimate of drug-likeness (QED) is 0.646. The van der Waals surface area contributed by atoms with Crippen LogP contribution in [0.4, 0.5) is 11.4 Å². The Morgan fingerprint density at radius 3 is 2.81 bits per heavy atom. The molecule has 88 valence electrons. The molecule has 0 aromatic heterocycles. The summed E-state index contributed by atoms with van der Waals surface area (Å²) in [6.07, 6.45) is 0. The molecule has 1 aromatic carbocycles. The molecule has 1 rings (SSSR count). The Kier molecular flexibility index (Phi) is 4.44. The number of carbonyl (C=O) groups excluding carboxylic acids is 1. The van der Waals surface area contributed by atoms with Crippen molar-refractivity contribution in [2.45, 2.75) is 6.92 Å². The first-order valence-electron chi connectivity index (χ1n) is 5.13. The first kappa shape index (κ1) is 12.2. The highest BCUT2D eigenvalue weighted by Crippen LogP contribution is 2.22. The van der Waals surface area contributed by atoms with Gasteiger partial charge in [0.1, 0.15) is 5.75 Å². The van der Waals surface area contributed by atoms with Gasteiger partial charge in [-0.1, -0.05) is 0 Å². The fraction of sp³-hybridized carbons (Fsp3) is 0.364. The Bertz CT molecular complexity index is 366. The summed E-state index contributed by atoms with van der Waals surface area (Å²) in [5.41, 5.74) is 7.08. The van der Waals surface area contributed by atoms with E-state index in [1.807, 2.05) is 13.0 Å². The third-order valence-electron chi connectivity index (χ3n) is 1.97. The number of amides is 1. The van der Waals surface area contributed by atoms with E-state index >= 15 is 0 Å². The van der Waals surface area contributed by atoms with Crippen LogP contribution in [-0.4, -0.2) is 26.1 Å². The van der Waals surface area contributed by atoms with Crippen molar-refractivity contribution in [3.63, 3.8) is 0 Å². The molecule has 0 aliphatic carbocycles. The van der Waals surface area contributed by atoms with Gasteiger partial charge >= 0.3 is 0 Å². The normalized spacial score (nSPS) is 9.62. The predicted octanol–water partition coefficient (Wildman–Crippen LogP) is 0.825. The predicted molar refractivity (Wildman–Crippen MR) is 64.6 cm³/mol. The third-order valence-corrected chi connectivity index (χ3v) is 1.97. The minimum Gasteiger partial charge on any atom is -0.494 e. The van der Waals surface area contributed by atoms with E-state index in [0.717, 1.165) is 5.69 Å². The summed E-state index contributed by atoms with van der Waals surface area (Å²) in [6.45, 7) is 2.70. The Hall–Kier alpha value is -1.91. The van der Waals surface area contributed by atoms with Gasteiger partial charge in [-0.15, -0.1) is 0 Å². The molecule has 0 atom stereocenters. The molecule has 4 N–H and O–H groups in total. The highest BCUT2D eigenvalue weighted by molar-refractivity contribution is 5.80. The maximum Gasteiger partial charge on any atom is 0.239 e. The van der Waals surface area contributed by atoms with Crippen LogP contribution in [0.15, 0.2) is 18.2 Å². The van der Waals surface area contributed by atoms with Crippen LogP contribution in [-0.2, 0) is 4.79 Å². The SMILES string of the molecule is CCOc1cc(N)cc(NCC(=O)NC)c1. The fourth-order valence-corrected chi connectivity index (χ4v) is 1.24. The van der Waals surface area contributed by atoms with Gasteiger partial charge in [-0.2, -0.15) is 0 Å². The molecule has 16 heavy (non-hydrogen) atoms. The Labute approximate surface area is 95.0 Å². The number of rotatable bonds is 5. The van der Waals surface area contributed by atoms with Gasteiger partial charge in [0.05, 0.1) is 13.2 Å². The van der Waals surface area contributed by atoms with Crippen LogP contribution in [0.5, 0.6) is 5.75 Å². The second kappa shape index (κ2) is 5.85. The molecule has 0 fully saturated rings. The molecule has 5 heteroatoms. The summed E-state index contributed by atoms with van der Waals surface area (Å²) in [6, 6.07) is 5.31. The molecule has 1 amide bonds. The monoisotopic (exact) mass is 223 g/mol. The molecule has 0 aliphatic heterocycles. The van der Waals surface area contributed by atoms with Gasteiger partial charge < -0.3 is 21.1 Å². The van der Waals surface area contributed by atoms with Crippen LogP contribution >= 0.6 is 0 Å². The van der Waals surface area contributed by atoms with Crippen molar-refractivity contribution in [1.82, 2.24) is 5.32 Å². The molecule has 0 saturated heterocycles. The van der Waals surface area contributed by atoms with Gasteiger partial charge in [-0.3, -0.25) is 4.79 Å². The summed E-state index contributed by atoms with van der Waals surface area (Å²) in [4.78, 5) is 11.0. The maximum absolute atomic E-state index is 11.0. The van der Waals surface area contributed by atoms with E-state index in [1.165, 1.54) is 0 Å². The standard InChI is InChI=1S/C11H17N3O2/c1-3-16-10-5-8(12)4-9(6-10)14-7-11(15)13-2/h4-6,14H,3,7,12H2,1-2H3,(H,13,15). The average molecular weight is 223 g/mol. The number of likely N-dealkylation sites (N-methyl/N-ethyl adjacent to an activating group) is 1. The molecule has 0 spiro atoms. The van der Waals surface area contributed by atoms with E-state index in [0.29, 0.717) is 18.0 Å². The molecule has 0 aliphatic rings. The van der Waals surface area contributed by atoms with Crippen molar-refractivity contribution in [3.8, 4) is 5.75 Å². The van der Waals surface area contributed by atoms with Crippen LogP contribution in [0.3, 0.4) is 0 Å². The molecule has 0 saturated carbocycles. The van der Waals surface area contributed by atoms with Crippen molar-refractivity contribution in [2.75, 3.05) is 31.2 Å². The zero-order valence-corrected chi connectivity index (χ0v) is 9.54. The number of nitrogen functional groups attached to an aromatic ring is 1. The molecule has 1 aromatic rings. The first-order valence-corrected chi connectivity index (χ1v) is 5.13. The second-order valence-electron chi connectivity index (χ2n) is 3.25. The Morgan fingerprint density at radius 1 is 1.44 bits per heavy atom. The van der Waals surface area contributed by atoms with E-state index in [1.54, 1.807) is 19.2 Å². The highest BCUT2D eigenvalue weighted by atomic mass is 16.5. The lowest BCUT2D eigenvalue weighted by Crippen LogP contribution is -2.26. The number of hydrogen-bond donors (Lipinski definition) is 3. The second-order valence-corrected chi connectivity index (χ2v) is 3.25. The van der Waals surface area contributed by atoms with Crippen LogP contribution in [0, 0.1) is 0 Å². The number of nitrogens with one attached hydrogen (secondary N) is 2. The van der Waals surface area contributed by atoms with Gasteiger partial charge in [-0.25, -0.2) is 0 Å². The van der Waals surface area contributed by atoms with E-state index in [-0.39, 0.29) is 12.5 Å². The molecule has 0 bridgehead atoms. The van der Waals surface area contributed by atoms with Crippen molar-refractivity contribution in [1.29, 1.82) is 0 Å². The number of hydrogen-bond acceptors (Lipinski definition) is 4. The maximum atomic E-state index is 11.0. The zero-order valence-electron chi connectivity index (χ0n) is 9.54. The van der Waals surface area contributed by atoms with Gasteiger partial charge in [0, 0.05) is 30.6 Å². The summed E-state index contributed by atoms with van der Waals surface area (Å²) in [5, 5.41) is 5.49. The van der Waals surface area contributed by atoms with Crippen molar-refractivity contribution < 1.29 is 9.53 Å². The molecule has 0 radical (unpaired) electrons. The van der Waals surface area contributed by atoms with Gasteiger partial charge in [0.2, 0.25) is 5.91 Å². The van der Waals surface area contributed by atoms with Gasteiger partial charge in [0.25, 0.3) is 0 Å². The minimum absolute atomic E-state index is 0.0830. The topological polar surface area (TPSA) is 76.4 Å².